The lowest BCUT2D eigenvalue weighted by Crippen LogP contribution is -1.97. The van der Waals surface area contributed by atoms with Crippen molar-refractivity contribution in [2.75, 3.05) is 6.54 Å². The van der Waals surface area contributed by atoms with Gasteiger partial charge >= 0.3 is 0 Å². The van der Waals surface area contributed by atoms with Gasteiger partial charge in [-0.05, 0) is 23.1 Å². The molecule has 1 heterocycles. The lowest BCUT2D eigenvalue weighted by atomic mass is 10.2. The second kappa shape index (κ2) is 4.31. The summed E-state index contributed by atoms with van der Waals surface area (Å²) in [5.74, 6) is 0. The van der Waals surface area contributed by atoms with Crippen LogP contribution < -0.4 is 0 Å². The molecular weight excluding hydrogens is 210 g/mol. The molecule has 0 saturated heterocycles. The molecule has 76 valence electrons. The Morgan fingerprint density at radius 1 is 1.47 bits per heavy atom. The average molecular weight is 219 g/mol. The van der Waals surface area contributed by atoms with E-state index in [-0.39, 0.29) is 6.54 Å². The third-order valence-corrected chi connectivity index (χ3v) is 3.31. The van der Waals surface area contributed by atoms with E-state index in [0.29, 0.717) is 0 Å². The fourth-order valence-corrected chi connectivity index (χ4v) is 2.41. The topological polar surface area (TPSA) is 69.0 Å². The number of fused-ring (bicyclic) bond motifs is 1. The predicted octanol–water partition coefficient (Wildman–Crippen LogP) is 3.25. The Bertz CT molecular complexity index is 483. The molecule has 2 aromatic rings. The lowest BCUT2D eigenvalue weighted by Gasteiger charge is -2.01. The molecule has 1 unspecified atom stereocenters. The zero-order valence-corrected chi connectivity index (χ0v) is 8.68. The van der Waals surface area contributed by atoms with Gasteiger partial charge in [-0.25, -0.2) is 0 Å². The highest BCUT2D eigenvalue weighted by molar-refractivity contribution is 7.19. The van der Waals surface area contributed by atoms with Gasteiger partial charge in [0.2, 0.25) is 0 Å². The number of nitrogens with zero attached hydrogens (tertiary/aromatic N) is 3. The molecule has 1 aromatic carbocycles. The molecule has 0 fully saturated rings. The first-order chi connectivity index (χ1) is 7.31. The molecule has 2 rings (SSSR count). The van der Waals surface area contributed by atoms with Crippen molar-refractivity contribution in [3.63, 3.8) is 0 Å². The highest BCUT2D eigenvalue weighted by Gasteiger charge is 2.09. The highest BCUT2D eigenvalue weighted by Crippen LogP contribution is 2.29. The predicted molar refractivity (Wildman–Crippen MR) is 60.8 cm³/mol. The number of hydrogen-bond acceptors (Lipinski definition) is 3. The first-order valence-corrected chi connectivity index (χ1v) is 5.30. The summed E-state index contributed by atoms with van der Waals surface area (Å²) in [5.41, 5.74) is 8.15. The largest absolute Gasteiger partial charge is 0.387 e. The van der Waals surface area contributed by atoms with E-state index < -0.39 is 6.10 Å². The van der Waals surface area contributed by atoms with E-state index >= 15 is 0 Å². The number of aliphatic hydroxyl groups is 1. The molecule has 0 radical (unpaired) electrons. The highest BCUT2D eigenvalue weighted by atomic mass is 32.1. The number of azide groups is 1. The van der Waals surface area contributed by atoms with Crippen LogP contribution in [0.5, 0.6) is 0 Å². The zero-order chi connectivity index (χ0) is 10.7. The van der Waals surface area contributed by atoms with Crippen molar-refractivity contribution in [1.29, 1.82) is 0 Å². The fraction of sp³-hybridized carbons (Fsp3) is 0.200. The second-order valence-electron chi connectivity index (χ2n) is 3.12. The van der Waals surface area contributed by atoms with Gasteiger partial charge in [-0.3, -0.25) is 0 Å². The molecule has 0 spiro atoms. The van der Waals surface area contributed by atoms with Gasteiger partial charge in [0.05, 0.1) is 12.6 Å². The van der Waals surface area contributed by atoms with E-state index in [4.69, 9.17) is 5.53 Å². The molecule has 0 aliphatic rings. The van der Waals surface area contributed by atoms with Crippen LogP contribution in [0.25, 0.3) is 20.5 Å². The number of hydrogen-bond donors (Lipinski definition) is 1. The SMILES string of the molecule is [N-]=[N+]=NCC(O)c1cc2ccccc2s1. The van der Waals surface area contributed by atoms with E-state index in [2.05, 4.69) is 10.0 Å². The Balaban J connectivity index is 2.31. The van der Waals surface area contributed by atoms with Crippen LogP contribution in [0.4, 0.5) is 0 Å². The molecule has 15 heavy (non-hydrogen) atoms. The quantitative estimate of drug-likeness (QED) is 0.480. The van der Waals surface area contributed by atoms with E-state index in [9.17, 15) is 5.11 Å². The van der Waals surface area contributed by atoms with Crippen molar-refractivity contribution in [1.82, 2.24) is 0 Å². The number of rotatable bonds is 3. The summed E-state index contributed by atoms with van der Waals surface area (Å²) in [7, 11) is 0. The summed E-state index contributed by atoms with van der Waals surface area (Å²) < 4.78 is 1.13. The average Bonchev–Trinajstić information content (AvgIpc) is 2.69. The Kier molecular flexibility index (Phi) is 2.87. The standard InChI is InChI=1S/C10H9N3OS/c11-13-12-6-8(14)10-5-7-3-1-2-4-9(7)15-10/h1-5,8,14H,6H2. The minimum absolute atomic E-state index is 0.0866. The van der Waals surface area contributed by atoms with Crippen molar-refractivity contribution in [2.24, 2.45) is 5.11 Å². The van der Waals surface area contributed by atoms with Gasteiger partial charge in [0.1, 0.15) is 0 Å². The van der Waals surface area contributed by atoms with E-state index in [1.807, 2.05) is 30.3 Å². The molecule has 0 aliphatic carbocycles. The molecule has 5 heteroatoms. The molecule has 0 amide bonds. The third-order valence-electron chi connectivity index (χ3n) is 2.09. The minimum Gasteiger partial charge on any atom is -0.387 e. The second-order valence-corrected chi connectivity index (χ2v) is 4.23. The third kappa shape index (κ3) is 2.10. The normalized spacial score (nSPS) is 12.3. The van der Waals surface area contributed by atoms with Crippen molar-refractivity contribution in [3.8, 4) is 0 Å². The molecule has 0 aliphatic heterocycles. The first kappa shape index (κ1) is 9.98. The van der Waals surface area contributed by atoms with Crippen LogP contribution in [0, 0.1) is 0 Å². The Labute approximate surface area is 90.4 Å². The van der Waals surface area contributed by atoms with Gasteiger partial charge in [-0.1, -0.05) is 23.3 Å². The molecule has 1 N–H and O–H groups in total. The van der Waals surface area contributed by atoms with Crippen LogP contribution >= 0.6 is 11.3 Å². The smallest absolute Gasteiger partial charge is 0.0938 e. The number of aliphatic hydroxyl groups excluding tert-OH is 1. The molecule has 1 aromatic heterocycles. The molecule has 0 saturated carbocycles. The Morgan fingerprint density at radius 2 is 2.27 bits per heavy atom. The van der Waals surface area contributed by atoms with E-state index in [1.165, 1.54) is 11.3 Å². The van der Waals surface area contributed by atoms with Gasteiger partial charge in [-0.15, -0.1) is 11.3 Å². The summed E-state index contributed by atoms with van der Waals surface area (Å²) in [6.45, 7) is 0.0866. The maximum atomic E-state index is 9.70. The van der Waals surface area contributed by atoms with E-state index in [1.54, 1.807) is 0 Å². The number of benzene rings is 1. The van der Waals surface area contributed by atoms with Gasteiger partial charge in [0.25, 0.3) is 0 Å². The number of thiophene rings is 1. The van der Waals surface area contributed by atoms with Crippen LogP contribution in [-0.4, -0.2) is 11.7 Å². The molecular formula is C10H9N3OS. The van der Waals surface area contributed by atoms with Crippen molar-refractivity contribution in [2.45, 2.75) is 6.10 Å². The summed E-state index contributed by atoms with van der Waals surface area (Å²) in [5, 5.41) is 14.2. The molecule has 0 bridgehead atoms. The van der Waals surface area contributed by atoms with Gasteiger partial charge in [0, 0.05) is 14.5 Å². The molecule has 4 nitrogen and oxygen atoms in total. The Morgan fingerprint density at radius 3 is 3.00 bits per heavy atom. The van der Waals surface area contributed by atoms with Crippen LogP contribution in [-0.2, 0) is 0 Å². The van der Waals surface area contributed by atoms with Crippen LogP contribution in [0.2, 0.25) is 0 Å². The van der Waals surface area contributed by atoms with E-state index in [0.717, 1.165) is 15.0 Å². The minimum atomic E-state index is -0.696. The van der Waals surface area contributed by atoms with Gasteiger partial charge < -0.3 is 5.11 Å². The summed E-state index contributed by atoms with van der Waals surface area (Å²) in [4.78, 5) is 3.46. The van der Waals surface area contributed by atoms with Crippen molar-refractivity contribution in [3.05, 3.63) is 45.7 Å². The van der Waals surface area contributed by atoms with Crippen molar-refractivity contribution >= 4 is 21.4 Å². The van der Waals surface area contributed by atoms with Crippen LogP contribution in [0.15, 0.2) is 35.4 Å². The van der Waals surface area contributed by atoms with Crippen molar-refractivity contribution < 1.29 is 5.11 Å². The first-order valence-electron chi connectivity index (χ1n) is 4.48. The van der Waals surface area contributed by atoms with Crippen LogP contribution in [0.1, 0.15) is 11.0 Å². The monoisotopic (exact) mass is 219 g/mol. The fourth-order valence-electron chi connectivity index (χ4n) is 1.37. The zero-order valence-electron chi connectivity index (χ0n) is 7.87. The van der Waals surface area contributed by atoms with Gasteiger partial charge in [-0.2, -0.15) is 0 Å². The van der Waals surface area contributed by atoms with Crippen LogP contribution in [0.3, 0.4) is 0 Å². The maximum absolute atomic E-state index is 9.70. The summed E-state index contributed by atoms with van der Waals surface area (Å²) in [6.07, 6.45) is -0.696. The lowest BCUT2D eigenvalue weighted by molar-refractivity contribution is 0.190. The van der Waals surface area contributed by atoms with Gasteiger partial charge in [0.15, 0.2) is 0 Å². The maximum Gasteiger partial charge on any atom is 0.0938 e. The Hall–Kier alpha value is -1.55. The summed E-state index contributed by atoms with van der Waals surface area (Å²) >= 11 is 1.52. The summed E-state index contributed by atoms with van der Waals surface area (Å²) in [6, 6.07) is 9.85. The molecule has 1 atom stereocenters.